The van der Waals surface area contributed by atoms with Crippen molar-refractivity contribution >= 4 is 33.4 Å². The van der Waals surface area contributed by atoms with Gasteiger partial charge in [0.1, 0.15) is 6.04 Å². The normalized spacial score (nSPS) is 15.9. The van der Waals surface area contributed by atoms with Gasteiger partial charge in [-0.15, -0.1) is 0 Å². The monoisotopic (exact) mass is 491 g/mol. The molecule has 0 aromatic heterocycles. The molecule has 2 N–H and O–H groups in total. The van der Waals surface area contributed by atoms with Gasteiger partial charge < -0.3 is 4.90 Å². The van der Waals surface area contributed by atoms with E-state index in [-0.39, 0.29) is 29.5 Å². The summed E-state index contributed by atoms with van der Waals surface area (Å²) in [5, 5.41) is 5.14. The van der Waals surface area contributed by atoms with E-state index < -0.39 is 27.9 Å². The van der Waals surface area contributed by atoms with Gasteiger partial charge in [0.2, 0.25) is 15.9 Å². The minimum Gasteiger partial charge on any atom is -0.326 e. The summed E-state index contributed by atoms with van der Waals surface area (Å²) in [5.74, 6) is -1.34. The van der Waals surface area contributed by atoms with Gasteiger partial charge in [0.15, 0.2) is 0 Å². The summed E-state index contributed by atoms with van der Waals surface area (Å²) in [6, 6.07) is 20.9. The number of carbonyl (C=O) groups is 3. The van der Waals surface area contributed by atoms with Crippen molar-refractivity contribution in [2.75, 3.05) is 11.4 Å². The molecule has 1 heterocycles. The Kier molecular flexibility index (Phi) is 6.81. The zero-order chi connectivity index (χ0) is 25.2. The van der Waals surface area contributed by atoms with Crippen LogP contribution in [0.25, 0.3) is 0 Å². The number of benzene rings is 3. The minimum absolute atomic E-state index is 0.129. The second-order valence-corrected chi connectivity index (χ2v) is 9.99. The molecule has 0 aliphatic carbocycles. The predicted octanol–water partition coefficient (Wildman–Crippen LogP) is 2.66. The third-order valence-corrected chi connectivity index (χ3v) is 6.90. The summed E-state index contributed by atoms with van der Waals surface area (Å²) in [4.78, 5) is 42.1. The molecule has 3 aromatic rings. The second-order valence-electron chi connectivity index (χ2n) is 8.43. The molecule has 9 heteroatoms. The van der Waals surface area contributed by atoms with Crippen molar-refractivity contribution in [1.29, 1.82) is 0 Å². The van der Waals surface area contributed by atoms with Crippen LogP contribution in [0.15, 0.2) is 83.8 Å². The van der Waals surface area contributed by atoms with Gasteiger partial charge in [-0.3, -0.25) is 14.4 Å². The van der Waals surface area contributed by atoms with Gasteiger partial charge in [0.25, 0.3) is 11.8 Å². The first-order chi connectivity index (χ1) is 16.6. The first kappa shape index (κ1) is 24.3. The average Bonchev–Trinajstić information content (AvgIpc) is 3.13. The van der Waals surface area contributed by atoms with Crippen LogP contribution in [0.5, 0.6) is 0 Å². The van der Waals surface area contributed by atoms with Crippen LogP contribution in [0.4, 0.5) is 5.69 Å². The molecule has 1 atom stereocenters. The number of nitrogens with zero attached hydrogens (tertiary/aromatic N) is 2. The highest BCUT2D eigenvalue weighted by molar-refractivity contribution is 7.89. The van der Waals surface area contributed by atoms with E-state index in [1.807, 2.05) is 49.4 Å². The number of primary sulfonamides is 1. The van der Waals surface area contributed by atoms with Crippen LogP contribution in [0.1, 0.15) is 27.9 Å². The van der Waals surface area contributed by atoms with Gasteiger partial charge in [-0.2, -0.15) is 0 Å². The molecule has 35 heavy (non-hydrogen) atoms. The first-order valence-corrected chi connectivity index (χ1v) is 12.6. The number of hydrogen-bond donors (Lipinski definition) is 1. The number of anilines is 1. The van der Waals surface area contributed by atoms with Gasteiger partial charge in [0, 0.05) is 12.1 Å². The van der Waals surface area contributed by atoms with E-state index in [0.717, 1.165) is 16.0 Å². The Labute approximate surface area is 204 Å². The summed E-state index contributed by atoms with van der Waals surface area (Å²) in [6.45, 7) is 2.16. The van der Waals surface area contributed by atoms with E-state index in [0.29, 0.717) is 12.0 Å². The number of aryl methyl sites for hydroxylation is 1. The lowest BCUT2D eigenvalue weighted by atomic mass is 10.1. The Bertz CT molecular complexity index is 1350. The van der Waals surface area contributed by atoms with E-state index in [4.69, 9.17) is 5.14 Å². The number of imide groups is 1. The molecular formula is C26H25N3O5S. The lowest BCUT2D eigenvalue weighted by Gasteiger charge is -2.28. The van der Waals surface area contributed by atoms with Crippen molar-refractivity contribution in [1.82, 2.24) is 4.90 Å². The Morgan fingerprint density at radius 2 is 1.60 bits per heavy atom. The van der Waals surface area contributed by atoms with Crippen LogP contribution in [-0.2, 0) is 26.0 Å². The minimum atomic E-state index is -3.91. The first-order valence-electron chi connectivity index (χ1n) is 11.1. The molecule has 0 spiro atoms. The number of hydrogen-bond acceptors (Lipinski definition) is 5. The topological polar surface area (TPSA) is 118 Å². The molecule has 180 valence electrons. The van der Waals surface area contributed by atoms with Gasteiger partial charge in [-0.25, -0.2) is 18.5 Å². The lowest BCUT2D eigenvalue weighted by Crippen LogP contribution is -2.46. The molecule has 1 aliphatic rings. The lowest BCUT2D eigenvalue weighted by molar-refractivity contribution is -0.122. The third kappa shape index (κ3) is 5.31. The summed E-state index contributed by atoms with van der Waals surface area (Å²) in [5.41, 5.74) is 2.65. The fourth-order valence-electron chi connectivity index (χ4n) is 4.07. The quantitative estimate of drug-likeness (QED) is 0.510. The van der Waals surface area contributed by atoms with Crippen LogP contribution in [-0.4, -0.2) is 43.6 Å². The molecule has 1 saturated heterocycles. The highest BCUT2D eigenvalue weighted by Crippen LogP contribution is 2.28. The zero-order valence-corrected chi connectivity index (χ0v) is 19.9. The van der Waals surface area contributed by atoms with Crippen molar-refractivity contribution in [2.24, 2.45) is 5.14 Å². The maximum Gasteiger partial charge on any atom is 0.257 e. The number of rotatable bonds is 7. The van der Waals surface area contributed by atoms with E-state index in [9.17, 15) is 22.8 Å². The molecule has 1 fully saturated rings. The van der Waals surface area contributed by atoms with Crippen LogP contribution >= 0.6 is 0 Å². The molecule has 1 unspecified atom stereocenters. The smallest absolute Gasteiger partial charge is 0.257 e. The molecule has 8 nitrogen and oxygen atoms in total. The van der Waals surface area contributed by atoms with Crippen LogP contribution in [0.2, 0.25) is 0 Å². The molecule has 0 saturated carbocycles. The third-order valence-electron chi connectivity index (χ3n) is 5.97. The van der Waals surface area contributed by atoms with Gasteiger partial charge in [-0.05, 0) is 55.3 Å². The highest BCUT2D eigenvalue weighted by atomic mass is 32.2. The predicted molar refractivity (Wildman–Crippen MR) is 131 cm³/mol. The van der Waals surface area contributed by atoms with Gasteiger partial charge in [-0.1, -0.05) is 48.0 Å². The summed E-state index contributed by atoms with van der Waals surface area (Å²) >= 11 is 0. The molecular weight excluding hydrogens is 466 g/mol. The molecule has 4 rings (SSSR count). The van der Waals surface area contributed by atoms with Crippen molar-refractivity contribution in [3.63, 3.8) is 0 Å². The average molecular weight is 492 g/mol. The fourth-order valence-corrected chi connectivity index (χ4v) is 4.59. The standard InChI is InChI=1S/C26H25N3O5S/c1-18-7-9-20(10-8-18)25(31)28(16-15-19-5-3-2-4-6-19)23-17-24(30)29(26(23)32)21-11-13-22(14-12-21)35(27,33)34/h2-14,23H,15-17H2,1H3,(H2,27,33,34). The Balaban J connectivity index is 1.63. The van der Waals surface area contributed by atoms with E-state index in [2.05, 4.69) is 0 Å². The number of carbonyl (C=O) groups excluding carboxylic acids is 3. The van der Waals surface area contributed by atoms with Gasteiger partial charge >= 0.3 is 0 Å². The zero-order valence-electron chi connectivity index (χ0n) is 19.1. The number of nitrogens with two attached hydrogens (primary N) is 1. The maximum absolute atomic E-state index is 13.5. The second kappa shape index (κ2) is 9.81. The van der Waals surface area contributed by atoms with E-state index in [1.165, 1.54) is 29.2 Å². The fraction of sp³-hybridized carbons (Fsp3) is 0.192. The summed E-state index contributed by atoms with van der Waals surface area (Å²) in [6.07, 6.45) is 0.349. The largest absolute Gasteiger partial charge is 0.326 e. The van der Waals surface area contributed by atoms with Crippen molar-refractivity contribution < 1.29 is 22.8 Å². The molecule has 0 radical (unpaired) electrons. The molecule has 3 aromatic carbocycles. The van der Waals surface area contributed by atoms with Crippen LogP contribution < -0.4 is 10.0 Å². The Morgan fingerprint density at radius 1 is 0.971 bits per heavy atom. The van der Waals surface area contributed by atoms with Crippen molar-refractivity contribution in [2.45, 2.75) is 30.7 Å². The maximum atomic E-state index is 13.5. The Morgan fingerprint density at radius 3 is 2.20 bits per heavy atom. The van der Waals surface area contributed by atoms with Crippen LogP contribution in [0.3, 0.4) is 0 Å². The Hall–Kier alpha value is -3.82. The highest BCUT2D eigenvalue weighted by Gasteiger charge is 2.44. The molecule has 3 amide bonds. The molecule has 1 aliphatic heterocycles. The SMILES string of the molecule is Cc1ccc(C(=O)N(CCc2ccccc2)C2CC(=O)N(c3ccc(S(N)(=O)=O)cc3)C2=O)cc1. The van der Waals surface area contributed by atoms with Crippen molar-refractivity contribution in [3.05, 3.63) is 95.6 Å². The van der Waals surface area contributed by atoms with Crippen molar-refractivity contribution in [3.8, 4) is 0 Å². The number of amides is 3. The van der Waals surface area contributed by atoms with E-state index in [1.54, 1.807) is 12.1 Å². The summed E-state index contributed by atoms with van der Waals surface area (Å²) in [7, 11) is -3.91. The van der Waals surface area contributed by atoms with Gasteiger partial charge in [0.05, 0.1) is 17.0 Å². The summed E-state index contributed by atoms with van der Waals surface area (Å²) < 4.78 is 23.1. The van der Waals surface area contributed by atoms with Crippen LogP contribution in [0, 0.1) is 6.92 Å². The number of sulfonamides is 1. The van der Waals surface area contributed by atoms with E-state index >= 15 is 0 Å². The molecule has 0 bridgehead atoms.